The van der Waals surface area contributed by atoms with E-state index < -0.39 is 0 Å². The van der Waals surface area contributed by atoms with Crippen LogP contribution in [-0.4, -0.2) is 50.0 Å². The van der Waals surface area contributed by atoms with E-state index in [1.165, 1.54) is 38.5 Å². The standard InChI is InChI=1S/C20H29ClN4O.HI/c1-22-19(25-14-11-20(15-25)9-5-2-6-10-20)24-13-12-23-18(26)16-7-3-4-8-17(16)21;/h3-4,7-8H,2,5-6,9-15H2,1H3,(H,22,24)(H,23,26);1H. The number of aliphatic imine (C=N–C) groups is 1. The van der Waals surface area contributed by atoms with Crippen LogP contribution in [0.2, 0.25) is 5.02 Å². The first-order valence-corrected chi connectivity index (χ1v) is 10.00. The number of carbonyl (C=O) groups excluding carboxylic acids is 1. The van der Waals surface area contributed by atoms with E-state index in [0.717, 1.165) is 19.0 Å². The van der Waals surface area contributed by atoms with Gasteiger partial charge < -0.3 is 15.5 Å². The maximum absolute atomic E-state index is 12.2. The van der Waals surface area contributed by atoms with Crippen molar-refractivity contribution in [2.75, 3.05) is 33.2 Å². The minimum Gasteiger partial charge on any atom is -0.354 e. The van der Waals surface area contributed by atoms with Crippen molar-refractivity contribution >= 4 is 47.4 Å². The van der Waals surface area contributed by atoms with Crippen LogP contribution in [0.4, 0.5) is 0 Å². The van der Waals surface area contributed by atoms with E-state index in [0.29, 0.717) is 29.1 Å². The zero-order valence-electron chi connectivity index (χ0n) is 16.0. The van der Waals surface area contributed by atoms with Crippen LogP contribution in [0.25, 0.3) is 0 Å². The van der Waals surface area contributed by atoms with Crippen LogP contribution in [0.15, 0.2) is 29.3 Å². The van der Waals surface area contributed by atoms with Crippen molar-refractivity contribution in [1.29, 1.82) is 0 Å². The molecule has 0 radical (unpaired) electrons. The molecule has 3 rings (SSSR count). The number of benzene rings is 1. The van der Waals surface area contributed by atoms with E-state index in [1.54, 1.807) is 12.1 Å². The summed E-state index contributed by atoms with van der Waals surface area (Å²) in [6.07, 6.45) is 8.11. The second-order valence-corrected chi connectivity index (χ2v) is 7.85. The molecule has 0 atom stereocenters. The Labute approximate surface area is 184 Å². The lowest BCUT2D eigenvalue weighted by atomic mass is 9.73. The zero-order chi connectivity index (χ0) is 18.4. The van der Waals surface area contributed by atoms with Crippen LogP contribution in [0.5, 0.6) is 0 Å². The smallest absolute Gasteiger partial charge is 0.252 e. The molecule has 1 amide bonds. The largest absolute Gasteiger partial charge is 0.354 e. The summed E-state index contributed by atoms with van der Waals surface area (Å²) in [5, 5.41) is 6.77. The van der Waals surface area contributed by atoms with Gasteiger partial charge in [-0.1, -0.05) is 43.0 Å². The summed E-state index contributed by atoms with van der Waals surface area (Å²) in [7, 11) is 1.83. The molecule has 1 saturated heterocycles. The van der Waals surface area contributed by atoms with Crippen LogP contribution in [-0.2, 0) is 0 Å². The highest BCUT2D eigenvalue weighted by Gasteiger charge is 2.39. The monoisotopic (exact) mass is 504 g/mol. The molecule has 7 heteroatoms. The topological polar surface area (TPSA) is 56.7 Å². The Morgan fingerprint density at radius 1 is 1.15 bits per heavy atom. The number of rotatable bonds is 4. The molecule has 1 aliphatic carbocycles. The molecule has 1 aliphatic heterocycles. The van der Waals surface area contributed by atoms with Gasteiger partial charge in [0, 0.05) is 33.2 Å². The lowest BCUT2D eigenvalue weighted by Gasteiger charge is -2.33. The highest BCUT2D eigenvalue weighted by molar-refractivity contribution is 14.0. The third-order valence-corrected chi connectivity index (χ3v) is 6.01. The van der Waals surface area contributed by atoms with Gasteiger partial charge in [0.1, 0.15) is 0 Å². The molecule has 1 heterocycles. The molecule has 1 saturated carbocycles. The lowest BCUT2D eigenvalue weighted by Crippen LogP contribution is -2.44. The van der Waals surface area contributed by atoms with Crippen molar-refractivity contribution in [2.24, 2.45) is 10.4 Å². The summed E-state index contributed by atoms with van der Waals surface area (Å²) >= 11 is 6.06. The normalized spacial score (nSPS) is 18.9. The average Bonchev–Trinajstić information content (AvgIpc) is 3.05. The zero-order valence-corrected chi connectivity index (χ0v) is 19.1. The fraction of sp³-hybridized carbons (Fsp3) is 0.600. The number of nitrogens with zero attached hydrogens (tertiary/aromatic N) is 2. The molecular formula is C20H30ClIN4O. The highest BCUT2D eigenvalue weighted by Crippen LogP contribution is 2.43. The summed E-state index contributed by atoms with van der Waals surface area (Å²) in [4.78, 5) is 19.0. The highest BCUT2D eigenvalue weighted by atomic mass is 127. The van der Waals surface area contributed by atoms with Gasteiger partial charge in [-0.05, 0) is 36.8 Å². The van der Waals surface area contributed by atoms with Gasteiger partial charge in [-0.25, -0.2) is 0 Å². The Bertz CT molecular complexity index is 661. The van der Waals surface area contributed by atoms with E-state index in [9.17, 15) is 4.79 Å². The SMILES string of the molecule is CN=C(NCCNC(=O)c1ccccc1Cl)N1CCC2(CCCCC2)C1.I. The first kappa shape index (κ1) is 22.3. The van der Waals surface area contributed by atoms with Gasteiger partial charge in [0.05, 0.1) is 10.6 Å². The number of nitrogens with one attached hydrogen (secondary N) is 2. The van der Waals surface area contributed by atoms with Gasteiger partial charge in [0.2, 0.25) is 0 Å². The number of hydrogen-bond acceptors (Lipinski definition) is 2. The molecule has 1 spiro atoms. The van der Waals surface area contributed by atoms with Crippen LogP contribution in [0.3, 0.4) is 0 Å². The van der Waals surface area contributed by atoms with Gasteiger partial charge >= 0.3 is 0 Å². The van der Waals surface area contributed by atoms with Crippen molar-refractivity contribution < 1.29 is 4.79 Å². The van der Waals surface area contributed by atoms with Crippen LogP contribution in [0.1, 0.15) is 48.9 Å². The number of hydrogen-bond donors (Lipinski definition) is 2. The fourth-order valence-electron chi connectivity index (χ4n) is 4.25. The van der Waals surface area contributed by atoms with E-state index in [-0.39, 0.29) is 29.9 Å². The molecule has 27 heavy (non-hydrogen) atoms. The molecule has 150 valence electrons. The fourth-order valence-corrected chi connectivity index (χ4v) is 4.47. The second kappa shape index (κ2) is 10.5. The van der Waals surface area contributed by atoms with E-state index in [2.05, 4.69) is 20.5 Å². The Kier molecular flexibility index (Phi) is 8.66. The molecule has 2 fully saturated rings. The van der Waals surface area contributed by atoms with Gasteiger partial charge in [-0.2, -0.15) is 0 Å². The van der Waals surface area contributed by atoms with Crippen molar-refractivity contribution in [2.45, 2.75) is 38.5 Å². The number of carbonyl (C=O) groups is 1. The van der Waals surface area contributed by atoms with Gasteiger partial charge in [-0.15, -0.1) is 24.0 Å². The molecule has 1 aromatic rings. The van der Waals surface area contributed by atoms with Gasteiger partial charge in [-0.3, -0.25) is 9.79 Å². The molecule has 0 bridgehead atoms. The molecule has 2 N–H and O–H groups in total. The Hall–Kier alpha value is -1.02. The van der Waals surface area contributed by atoms with Crippen molar-refractivity contribution in [3.05, 3.63) is 34.9 Å². The first-order chi connectivity index (χ1) is 12.6. The lowest BCUT2D eigenvalue weighted by molar-refractivity contribution is 0.0954. The number of halogens is 2. The van der Waals surface area contributed by atoms with E-state index >= 15 is 0 Å². The minimum absolute atomic E-state index is 0. The van der Waals surface area contributed by atoms with Crippen LogP contribution < -0.4 is 10.6 Å². The Morgan fingerprint density at radius 2 is 1.85 bits per heavy atom. The molecule has 2 aliphatic rings. The second-order valence-electron chi connectivity index (χ2n) is 7.44. The summed E-state index contributed by atoms with van der Waals surface area (Å²) in [5.74, 6) is 0.800. The third-order valence-electron chi connectivity index (χ3n) is 5.68. The summed E-state index contributed by atoms with van der Waals surface area (Å²) in [5.41, 5.74) is 1.02. The van der Waals surface area contributed by atoms with E-state index in [1.807, 2.05) is 19.2 Å². The molecular weight excluding hydrogens is 475 g/mol. The average molecular weight is 505 g/mol. The van der Waals surface area contributed by atoms with Crippen LogP contribution >= 0.6 is 35.6 Å². The van der Waals surface area contributed by atoms with E-state index in [4.69, 9.17) is 11.6 Å². The maximum Gasteiger partial charge on any atom is 0.252 e. The third kappa shape index (κ3) is 5.73. The number of likely N-dealkylation sites (tertiary alicyclic amines) is 1. The summed E-state index contributed by atoms with van der Waals surface area (Å²) in [6, 6.07) is 7.10. The summed E-state index contributed by atoms with van der Waals surface area (Å²) in [6.45, 7) is 3.36. The summed E-state index contributed by atoms with van der Waals surface area (Å²) < 4.78 is 0. The van der Waals surface area contributed by atoms with Crippen molar-refractivity contribution in [3.63, 3.8) is 0 Å². The predicted molar refractivity (Wildman–Crippen MR) is 122 cm³/mol. The first-order valence-electron chi connectivity index (χ1n) is 9.62. The molecule has 5 nitrogen and oxygen atoms in total. The van der Waals surface area contributed by atoms with Gasteiger partial charge in [0.15, 0.2) is 5.96 Å². The quantitative estimate of drug-likeness (QED) is 0.283. The van der Waals surface area contributed by atoms with Crippen LogP contribution in [0, 0.1) is 5.41 Å². The predicted octanol–water partition coefficient (Wildman–Crippen LogP) is 3.92. The van der Waals surface area contributed by atoms with Crippen molar-refractivity contribution in [3.8, 4) is 0 Å². The Morgan fingerprint density at radius 3 is 2.56 bits per heavy atom. The van der Waals surface area contributed by atoms with Gasteiger partial charge in [0.25, 0.3) is 5.91 Å². The Balaban J connectivity index is 0.00000261. The van der Waals surface area contributed by atoms with Crippen molar-refractivity contribution in [1.82, 2.24) is 15.5 Å². The molecule has 1 aromatic carbocycles. The minimum atomic E-state index is -0.144. The maximum atomic E-state index is 12.2. The molecule has 0 aromatic heterocycles. The number of guanidine groups is 1. The molecule has 0 unspecified atom stereocenters. The number of amides is 1.